The van der Waals surface area contributed by atoms with Crippen LogP contribution in [0.15, 0.2) is 0 Å². The zero-order valence-electron chi connectivity index (χ0n) is 8.89. The van der Waals surface area contributed by atoms with Crippen LogP contribution in [0.1, 0.15) is 57.8 Å². The van der Waals surface area contributed by atoms with E-state index in [1.807, 2.05) is 0 Å². The molecule has 2 saturated carbocycles. The largest absolute Gasteiger partial charge is 0.297 e. The summed E-state index contributed by atoms with van der Waals surface area (Å²) in [5, 5.41) is 12.9. The summed E-state index contributed by atoms with van der Waals surface area (Å²) in [4.78, 5) is 0. The van der Waals surface area contributed by atoms with Crippen LogP contribution in [-0.2, 0) is 0 Å². The van der Waals surface area contributed by atoms with E-state index in [2.05, 4.69) is 11.4 Å². The normalized spacial score (nSPS) is 27.4. The van der Waals surface area contributed by atoms with Gasteiger partial charge in [-0.1, -0.05) is 32.1 Å². The maximum absolute atomic E-state index is 9.29. The molecule has 0 aromatic heterocycles. The van der Waals surface area contributed by atoms with Gasteiger partial charge in [-0.3, -0.25) is 5.32 Å². The number of hydrogen-bond donors (Lipinski definition) is 1. The summed E-state index contributed by atoms with van der Waals surface area (Å²) in [7, 11) is 0. The van der Waals surface area contributed by atoms with Crippen LogP contribution < -0.4 is 5.32 Å². The lowest BCUT2D eigenvalue weighted by atomic mass is 9.82. The molecule has 2 nitrogen and oxygen atoms in total. The Hall–Kier alpha value is -0.550. The van der Waals surface area contributed by atoms with Gasteiger partial charge in [-0.2, -0.15) is 5.26 Å². The molecule has 0 aromatic rings. The monoisotopic (exact) mass is 192 g/mol. The molecular formula is C12H20N2. The molecule has 0 amide bonds. The molecule has 0 atom stereocenters. The standard InChI is InChI=1S/C12H20N2/c13-10-12(8-4-1-5-9-12)14-11-6-2-3-7-11/h11,14H,1-9H2. The molecule has 0 unspecified atom stereocenters. The Labute approximate surface area is 86.7 Å². The van der Waals surface area contributed by atoms with E-state index in [9.17, 15) is 5.26 Å². The zero-order chi connectivity index (χ0) is 9.86. The molecule has 0 radical (unpaired) electrons. The van der Waals surface area contributed by atoms with E-state index in [0.717, 1.165) is 12.8 Å². The summed E-state index contributed by atoms with van der Waals surface area (Å²) in [6.45, 7) is 0. The van der Waals surface area contributed by atoms with Crippen molar-refractivity contribution in [3.63, 3.8) is 0 Å². The lowest BCUT2D eigenvalue weighted by molar-refractivity contribution is 0.268. The van der Waals surface area contributed by atoms with Gasteiger partial charge in [0.25, 0.3) is 0 Å². The van der Waals surface area contributed by atoms with Crippen molar-refractivity contribution < 1.29 is 0 Å². The second kappa shape index (κ2) is 4.31. The maximum Gasteiger partial charge on any atom is 0.106 e. The molecule has 2 fully saturated rings. The Morgan fingerprint density at radius 2 is 1.64 bits per heavy atom. The summed E-state index contributed by atoms with van der Waals surface area (Å²) in [6, 6.07) is 3.17. The molecule has 2 rings (SSSR count). The highest BCUT2D eigenvalue weighted by atomic mass is 15.0. The van der Waals surface area contributed by atoms with Crippen molar-refractivity contribution >= 4 is 0 Å². The van der Waals surface area contributed by atoms with E-state index >= 15 is 0 Å². The highest BCUT2D eigenvalue weighted by molar-refractivity contribution is 5.09. The van der Waals surface area contributed by atoms with Gasteiger partial charge in [-0.25, -0.2) is 0 Å². The predicted octanol–water partition coefficient (Wildman–Crippen LogP) is 2.75. The minimum atomic E-state index is -0.159. The number of hydrogen-bond acceptors (Lipinski definition) is 2. The minimum Gasteiger partial charge on any atom is -0.297 e. The molecule has 2 heteroatoms. The SMILES string of the molecule is N#CC1(NC2CCCC2)CCCCC1. The van der Waals surface area contributed by atoms with Gasteiger partial charge in [-0.05, 0) is 25.7 Å². The Morgan fingerprint density at radius 1 is 1.00 bits per heavy atom. The number of nitriles is 1. The van der Waals surface area contributed by atoms with Crippen molar-refractivity contribution in [1.29, 1.82) is 5.26 Å². The Morgan fingerprint density at radius 3 is 2.21 bits per heavy atom. The average Bonchev–Trinajstić information content (AvgIpc) is 2.72. The first-order valence-corrected chi connectivity index (χ1v) is 6.04. The van der Waals surface area contributed by atoms with Gasteiger partial charge >= 0.3 is 0 Å². The number of rotatable bonds is 2. The van der Waals surface area contributed by atoms with E-state index < -0.39 is 0 Å². The average molecular weight is 192 g/mol. The van der Waals surface area contributed by atoms with Crippen LogP contribution in [0.5, 0.6) is 0 Å². The molecule has 1 N–H and O–H groups in total. The summed E-state index contributed by atoms with van der Waals surface area (Å²) in [5.74, 6) is 0. The second-order valence-corrected chi connectivity index (χ2v) is 4.88. The maximum atomic E-state index is 9.29. The topological polar surface area (TPSA) is 35.8 Å². The van der Waals surface area contributed by atoms with Crippen molar-refractivity contribution in [2.24, 2.45) is 0 Å². The van der Waals surface area contributed by atoms with Crippen LogP contribution in [0.25, 0.3) is 0 Å². The third kappa shape index (κ3) is 2.09. The van der Waals surface area contributed by atoms with E-state index in [4.69, 9.17) is 0 Å². The third-order valence-corrected chi connectivity index (χ3v) is 3.76. The van der Waals surface area contributed by atoms with E-state index in [-0.39, 0.29) is 5.54 Å². The van der Waals surface area contributed by atoms with E-state index in [1.165, 1.54) is 44.9 Å². The Bertz CT molecular complexity index is 217. The van der Waals surface area contributed by atoms with Crippen LogP contribution in [0.2, 0.25) is 0 Å². The van der Waals surface area contributed by atoms with Crippen LogP contribution in [0, 0.1) is 11.3 Å². The van der Waals surface area contributed by atoms with Crippen LogP contribution in [0.4, 0.5) is 0 Å². The molecule has 2 aliphatic carbocycles. The molecule has 2 aliphatic rings. The van der Waals surface area contributed by atoms with Gasteiger partial charge in [0, 0.05) is 6.04 Å². The van der Waals surface area contributed by atoms with Crippen molar-refractivity contribution in [3.8, 4) is 6.07 Å². The van der Waals surface area contributed by atoms with Gasteiger partial charge in [0.15, 0.2) is 0 Å². The fourth-order valence-electron chi connectivity index (χ4n) is 2.90. The van der Waals surface area contributed by atoms with Crippen molar-refractivity contribution in [3.05, 3.63) is 0 Å². The van der Waals surface area contributed by atoms with Gasteiger partial charge < -0.3 is 0 Å². The van der Waals surface area contributed by atoms with Gasteiger partial charge in [0.05, 0.1) is 6.07 Å². The molecular weight excluding hydrogens is 172 g/mol. The fourth-order valence-corrected chi connectivity index (χ4v) is 2.90. The van der Waals surface area contributed by atoms with Gasteiger partial charge in [0.2, 0.25) is 0 Å². The Kier molecular flexibility index (Phi) is 3.08. The number of nitrogens with one attached hydrogen (secondary N) is 1. The molecule has 0 saturated heterocycles. The highest BCUT2D eigenvalue weighted by Gasteiger charge is 2.34. The second-order valence-electron chi connectivity index (χ2n) is 4.88. The first-order chi connectivity index (χ1) is 6.85. The smallest absolute Gasteiger partial charge is 0.106 e. The Balaban J connectivity index is 1.93. The highest BCUT2D eigenvalue weighted by Crippen LogP contribution is 2.30. The fraction of sp³-hybridized carbons (Fsp3) is 0.917. The predicted molar refractivity (Wildman–Crippen MR) is 56.8 cm³/mol. The lowest BCUT2D eigenvalue weighted by Gasteiger charge is -2.34. The van der Waals surface area contributed by atoms with E-state index in [0.29, 0.717) is 6.04 Å². The van der Waals surface area contributed by atoms with Gasteiger partial charge in [-0.15, -0.1) is 0 Å². The van der Waals surface area contributed by atoms with Crippen molar-refractivity contribution in [2.45, 2.75) is 69.4 Å². The summed E-state index contributed by atoms with van der Waals surface area (Å²) < 4.78 is 0. The summed E-state index contributed by atoms with van der Waals surface area (Å²) >= 11 is 0. The molecule has 0 spiro atoms. The van der Waals surface area contributed by atoms with Crippen LogP contribution in [0.3, 0.4) is 0 Å². The third-order valence-electron chi connectivity index (χ3n) is 3.76. The quantitative estimate of drug-likeness (QED) is 0.730. The first-order valence-electron chi connectivity index (χ1n) is 6.04. The molecule has 0 heterocycles. The molecule has 78 valence electrons. The lowest BCUT2D eigenvalue weighted by Crippen LogP contribution is -2.49. The van der Waals surface area contributed by atoms with E-state index in [1.54, 1.807) is 0 Å². The molecule has 0 bridgehead atoms. The van der Waals surface area contributed by atoms with Gasteiger partial charge in [0.1, 0.15) is 5.54 Å². The minimum absolute atomic E-state index is 0.159. The van der Waals surface area contributed by atoms with Crippen LogP contribution in [-0.4, -0.2) is 11.6 Å². The van der Waals surface area contributed by atoms with Crippen molar-refractivity contribution in [2.75, 3.05) is 0 Å². The van der Waals surface area contributed by atoms with Crippen LogP contribution >= 0.6 is 0 Å². The molecule has 0 aromatic carbocycles. The summed E-state index contributed by atoms with van der Waals surface area (Å²) in [6.07, 6.45) is 11.2. The van der Waals surface area contributed by atoms with Crippen molar-refractivity contribution in [1.82, 2.24) is 5.32 Å². The zero-order valence-corrected chi connectivity index (χ0v) is 8.89. The molecule has 0 aliphatic heterocycles. The number of nitrogens with zero attached hydrogens (tertiary/aromatic N) is 1. The molecule has 14 heavy (non-hydrogen) atoms. The summed E-state index contributed by atoms with van der Waals surface area (Å²) in [5.41, 5.74) is -0.159. The first kappa shape index (κ1) is 9.98.